The second-order valence-corrected chi connectivity index (χ2v) is 5.07. The predicted octanol–water partition coefficient (Wildman–Crippen LogP) is 0.143. The molecule has 0 unspecified atom stereocenters. The Bertz CT molecular complexity index is 289. The first kappa shape index (κ1) is 14.0. The van der Waals surface area contributed by atoms with Crippen molar-refractivity contribution in [3.05, 3.63) is 0 Å². The van der Waals surface area contributed by atoms with Crippen molar-refractivity contribution in [3.63, 3.8) is 0 Å². The Hall–Kier alpha value is -1.10. The minimum absolute atomic E-state index is 0.0676. The first-order chi connectivity index (χ1) is 7.90. The van der Waals surface area contributed by atoms with Crippen LogP contribution in [0.3, 0.4) is 0 Å². The summed E-state index contributed by atoms with van der Waals surface area (Å²) < 4.78 is 0. The third kappa shape index (κ3) is 5.17. The quantitative estimate of drug-likeness (QED) is 0.618. The summed E-state index contributed by atoms with van der Waals surface area (Å²) in [7, 11) is 0. The fraction of sp³-hybridized carbons (Fsp3) is 0.833. The molecule has 0 aliphatic heterocycles. The molecule has 1 aliphatic rings. The van der Waals surface area contributed by atoms with Crippen LogP contribution in [0.15, 0.2) is 0 Å². The summed E-state index contributed by atoms with van der Waals surface area (Å²) in [5.74, 6) is -0.136. The molecule has 3 atom stereocenters. The van der Waals surface area contributed by atoms with Crippen LogP contribution in [0.1, 0.15) is 40.0 Å². The molecule has 5 heteroatoms. The Kier molecular flexibility index (Phi) is 4.93. The molecule has 1 fully saturated rings. The molecule has 5 nitrogen and oxygen atoms in total. The van der Waals surface area contributed by atoms with Gasteiger partial charge in [-0.2, -0.15) is 0 Å². The molecule has 1 aliphatic carbocycles. The topological polar surface area (TPSA) is 84.2 Å². The van der Waals surface area contributed by atoms with E-state index in [1.165, 1.54) is 6.92 Å². The smallest absolute Gasteiger partial charge is 0.223 e. The van der Waals surface area contributed by atoms with Gasteiger partial charge in [0.25, 0.3) is 0 Å². The molecule has 0 bridgehead atoms. The minimum atomic E-state index is -0.196. The number of nitrogens with two attached hydrogens (primary N) is 1. The molecule has 0 saturated heterocycles. The zero-order valence-electron chi connectivity index (χ0n) is 10.8. The summed E-state index contributed by atoms with van der Waals surface area (Å²) in [6, 6.07) is 0.0801. The van der Waals surface area contributed by atoms with Crippen LogP contribution in [-0.2, 0) is 9.59 Å². The SMILES string of the molecule is CC(=O)N[C@@H](C)[C@@H](N)C[C@@H](C)C(=O)NC1CC1. The summed E-state index contributed by atoms with van der Waals surface area (Å²) in [6.07, 6.45) is 2.76. The second-order valence-electron chi connectivity index (χ2n) is 5.07. The van der Waals surface area contributed by atoms with E-state index in [1.54, 1.807) is 0 Å². The van der Waals surface area contributed by atoms with Gasteiger partial charge in [-0.3, -0.25) is 9.59 Å². The number of nitrogens with one attached hydrogen (secondary N) is 2. The number of carbonyl (C=O) groups excluding carboxylic acids is 2. The minimum Gasteiger partial charge on any atom is -0.353 e. The number of rotatable bonds is 6. The van der Waals surface area contributed by atoms with Crippen molar-refractivity contribution >= 4 is 11.8 Å². The van der Waals surface area contributed by atoms with Gasteiger partial charge in [-0.15, -0.1) is 0 Å². The molecule has 17 heavy (non-hydrogen) atoms. The highest BCUT2D eigenvalue weighted by molar-refractivity contribution is 5.79. The van der Waals surface area contributed by atoms with Crippen LogP contribution in [0.4, 0.5) is 0 Å². The average molecular weight is 241 g/mol. The first-order valence-corrected chi connectivity index (χ1v) is 6.23. The lowest BCUT2D eigenvalue weighted by Crippen LogP contribution is -2.47. The molecular weight excluding hydrogens is 218 g/mol. The van der Waals surface area contributed by atoms with Crippen molar-refractivity contribution in [1.82, 2.24) is 10.6 Å². The van der Waals surface area contributed by atoms with E-state index in [1.807, 2.05) is 13.8 Å². The molecule has 2 amide bonds. The lowest BCUT2D eigenvalue weighted by molar-refractivity contribution is -0.125. The van der Waals surface area contributed by atoms with E-state index in [-0.39, 0.29) is 29.8 Å². The Labute approximate surface area is 103 Å². The highest BCUT2D eigenvalue weighted by Crippen LogP contribution is 2.20. The predicted molar refractivity (Wildman–Crippen MR) is 66.2 cm³/mol. The van der Waals surface area contributed by atoms with Gasteiger partial charge in [-0.05, 0) is 26.2 Å². The lowest BCUT2D eigenvalue weighted by atomic mass is 9.97. The van der Waals surface area contributed by atoms with Crippen molar-refractivity contribution in [1.29, 1.82) is 0 Å². The maximum atomic E-state index is 11.7. The van der Waals surface area contributed by atoms with Crippen LogP contribution in [0, 0.1) is 5.92 Å². The van der Waals surface area contributed by atoms with Crippen molar-refractivity contribution < 1.29 is 9.59 Å². The number of hydrogen-bond donors (Lipinski definition) is 3. The lowest BCUT2D eigenvalue weighted by Gasteiger charge is -2.23. The van der Waals surface area contributed by atoms with Gasteiger partial charge < -0.3 is 16.4 Å². The van der Waals surface area contributed by atoms with Crippen molar-refractivity contribution in [3.8, 4) is 0 Å². The van der Waals surface area contributed by atoms with E-state index in [2.05, 4.69) is 10.6 Å². The second kappa shape index (κ2) is 6.00. The van der Waals surface area contributed by atoms with Gasteiger partial charge in [-0.25, -0.2) is 0 Å². The van der Waals surface area contributed by atoms with Gasteiger partial charge in [0.2, 0.25) is 11.8 Å². The number of amides is 2. The fourth-order valence-electron chi connectivity index (χ4n) is 1.72. The van der Waals surface area contributed by atoms with Gasteiger partial charge in [-0.1, -0.05) is 6.92 Å². The highest BCUT2D eigenvalue weighted by atomic mass is 16.2. The molecule has 0 spiro atoms. The van der Waals surface area contributed by atoms with E-state index in [0.717, 1.165) is 12.8 Å². The molecule has 0 heterocycles. The summed E-state index contributed by atoms with van der Waals surface area (Å²) in [6.45, 7) is 5.20. The van der Waals surface area contributed by atoms with E-state index < -0.39 is 0 Å². The molecule has 0 aromatic carbocycles. The maximum Gasteiger partial charge on any atom is 0.223 e. The van der Waals surface area contributed by atoms with Crippen LogP contribution in [0.25, 0.3) is 0 Å². The number of carbonyl (C=O) groups is 2. The molecule has 98 valence electrons. The van der Waals surface area contributed by atoms with E-state index in [0.29, 0.717) is 12.5 Å². The summed E-state index contributed by atoms with van der Waals surface area (Å²) in [5.41, 5.74) is 5.96. The summed E-state index contributed by atoms with van der Waals surface area (Å²) in [5, 5.41) is 5.70. The van der Waals surface area contributed by atoms with Crippen molar-refractivity contribution in [2.45, 2.75) is 58.2 Å². The van der Waals surface area contributed by atoms with Gasteiger partial charge in [0.15, 0.2) is 0 Å². The van der Waals surface area contributed by atoms with Gasteiger partial charge in [0, 0.05) is 31.0 Å². The van der Waals surface area contributed by atoms with E-state index in [4.69, 9.17) is 5.73 Å². The van der Waals surface area contributed by atoms with Crippen LogP contribution >= 0.6 is 0 Å². The zero-order valence-corrected chi connectivity index (χ0v) is 10.8. The maximum absolute atomic E-state index is 11.7. The molecule has 0 aromatic rings. The van der Waals surface area contributed by atoms with Gasteiger partial charge in [0.05, 0.1) is 0 Å². The molecule has 1 rings (SSSR count). The van der Waals surface area contributed by atoms with E-state index >= 15 is 0 Å². The Morgan fingerprint density at radius 3 is 2.41 bits per heavy atom. The Balaban J connectivity index is 2.29. The van der Waals surface area contributed by atoms with E-state index in [9.17, 15) is 9.59 Å². The van der Waals surface area contributed by atoms with Gasteiger partial charge >= 0.3 is 0 Å². The zero-order chi connectivity index (χ0) is 13.0. The molecule has 1 saturated carbocycles. The molecule has 0 aromatic heterocycles. The molecule has 4 N–H and O–H groups in total. The largest absolute Gasteiger partial charge is 0.353 e. The standard InChI is InChI=1S/C12H23N3O2/c1-7(12(17)15-10-4-5-10)6-11(13)8(2)14-9(3)16/h7-8,10-11H,4-6,13H2,1-3H3,(H,14,16)(H,15,17)/t7-,8+,11+/m1/s1. The fourth-order valence-corrected chi connectivity index (χ4v) is 1.72. The third-order valence-corrected chi connectivity index (χ3v) is 3.07. The van der Waals surface area contributed by atoms with Crippen LogP contribution in [0.2, 0.25) is 0 Å². The van der Waals surface area contributed by atoms with Crippen molar-refractivity contribution in [2.75, 3.05) is 0 Å². The van der Waals surface area contributed by atoms with Crippen LogP contribution < -0.4 is 16.4 Å². The third-order valence-electron chi connectivity index (χ3n) is 3.07. The van der Waals surface area contributed by atoms with Gasteiger partial charge in [0.1, 0.15) is 0 Å². The summed E-state index contributed by atoms with van der Waals surface area (Å²) in [4.78, 5) is 22.6. The average Bonchev–Trinajstić information content (AvgIpc) is 3.00. The first-order valence-electron chi connectivity index (χ1n) is 6.23. The monoisotopic (exact) mass is 241 g/mol. The highest BCUT2D eigenvalue weighted by Gasteiger charge is 2.27. The number of hydrogen-bond acceptors (Lipinski definition) is 3. The van der Waals surface area contributed by atoms with Crippen molar-refractivity contribution in [2.24, 2.45) is 11.7 Å². The van der Waals surface area contributed by atoms with Crippen LogP contribution in [0.5, 0.6) is 0 Å². The van der Waals surface area contributed by atoms with Crippen LogP contribution in [-0.4, -0.2) is 29.9 Å². The molecule has 0 radical (unpaired) electrons. The Morgan fingerprint density at radius 1 is 1.35 bits per heavy atom. The normalized spacial score (nSPS) is 20.2. The summed E-state index contributed by atoms with van der Waals surface area (Å²) >= 11 is 0. The molecular formula is C12H23N3O2. The Morgan fingerprint density at radius 2 is 1.94 bits per heavy atom.